The number of carbonyl (C=O) groups is 1. The summed E-state index contributed by atoms with van der Waals surface area (Å²) in [6.07, 6.45) is -0.211. The molecule has 1 fully saturated rings. The van der Waals surface area contributed by atoms with E-state index in [1.54, 1.807) is 0 Å². The van der Waals surface area contributed by atoms with Crippen LogP contribution in [0.5, 0.6) is 5.75 Å². The van der Waals surface area contributed by atoms with Gasteiger partial charge in [-0.15, -0.1) is 0 Å². The number of sulfonamides is 1. The van der Waals surface area contributed by atoms with Crippen LogP contribution in [-0.2, 0) is 14.8 Å². The van der Waals surface area contributed by atoms with Crippen molar-refractivity contribution in [2.75, 3.05) is 11.4 Å². The Balaban J connectivity index is 2.30. The number of anilines is 1. The van der Waals surface area contributed by atoms with Crippen LogP contribution in [0.25, 0.3) is 0 Å². The maximum Gasteiger partial charge on any atom is 0.228 e. The highest BCUT2D eigenvalue weighted by Crippen LogP contribution is 2.28. The van der Waals surface area contributed by atoms with E-state index in [1.807, 2.05) is 0 Å². The smallest absolute Gasteiger partial charge is 0.228 e. The van der Waals surface area contributed by atoms with Crippen LogP contribution in [0.4, 0.5) is 10.1 Å². The predicted molar refractivity (Wildman–Crippen MR) is 61.9 cm³/mol. The van der Waals surface area contributed by atoms with Crippen LogP contribution < -0.4 is 10.0 Å². The van der Waals surface area contributed by atoms with Gasteiger partial charge in [0.2, 0.25) is 15.9 Å². The van der Waals surface area contributed by atoms with Gasteiger partial charge in [0.05, 0.1) is 0 Å². The van der Waals surface area contributed by atoms with Crippen LogP contribution in [0.3, 0.4) is 0 Å². The largest absolute Gasteiger partial charge is 0.505 e. The molecule has 0 saturated carbocycles. The van der Waals surface area contributed by atoms with Gasteiger partial charge in [-0.1, -0.05) is 0 Å². The van der Waals surface area contributed by atoms with Crippen molar-refractivity contribution in [1.82, 2.24) is 0 Å². The van der Waals surface area contributed by atoms with E-state index in [1.165, 1.54) is 6.07 Å². The Hall–Kier alpha value is -1.67. The van der Waals surface area contributed by atoms with E-state index in [0.717, 1.165) is 17.0 Å². The number of amides is 1. The van der Waals surface area contributed by atoms with Crippen molar-refractivity contribution in [1.29, 1.82) is 0 Å². The number of carbonyl (C=O) groups excluding carboxylic acids is 1. The van der Waals surface area contributed by atoms with Crippen LogP contribution in [0.2, 0.25) is 0 Å². The molecule has 1 heterocycles. The number of phenols is 1. The summed E-state index contributed by atoms with van der Waals surface area (Å²) in [5, 5.41) is 13.2. The summed E-state index contributed by atoms with van der Waals surface area (Å²) in [6.45, 7) is -0.0945. The van der Waals surface area contributed by atoms with Gasteiger partial charge in [0.25, 0.3) is 0 Å². The molecule has 1 aliphatic heterocycles. The van der Waals surface area contributed by atoms with E-state index < -0.39 is 32.7 Å². The molecule has 0 aromatic heterocycles. The Morgan fingerprint density at radius 3 is 2.61 bits per heavy atom. The fourth-order valence-electron chi connectivity index (χ4n) is 1.81. The molecule has 1 amide bonds. The Morgan fingerprint density at radius 2 is 2.11 bits per heavy atom. The second-order valence-electron chi connectivity index (χ2n) is 4.06. The number of hydrogen-bond acceptors (Lipinski definition) is 4. The van der Waals surface area contributed by atoms with Crippen molar-refractivity contribution in [3.63, 3.8) is 0 Å². The molecular formula is C10H11FN2O4S. The fourth-order valence-corrected chi connectivity index (χ4v) is 2.55. The third kappa shape index (κ3) is 2.29. The molecule has 1 aromatic carbocycles. The zero-order chi connectivity index (χ0) is 13.5. The van der Waals surface area contributed by atoms with Gasteiger partial charge in [-0.25, -0.2) is 17.9 Å². The molecule has 1 unspecified atom stereocenters. The summed E-state index contributed by atoms with van der Waals surface area (Å²) >= 11 is 0. The van der Waals surface area contributed by atoms with Crippen LogP contribution in [0.1, 0.15) is 6.42 Å². The number of nitrogens with two attached hydrogens (primary N) is 1. The number of halogens is 1. The highest BCUT2D eigenvalue weighted by molar-refractivity contribution is 7.89. The van der Waals surface area contributed by atoms with E-state index >= 15 is 0 Å². The molecule has 18 heavy (non-hydrogen) atoms. The lowest BCUT2D eigenvalue weighted by Gasteiger charge is -2.16. The van der Waals surface area contributed by atoms with Crippen LogP contribution in [0.15, 0.2) is 18.2 Å². The molecule has 1 saturated heterocycles. The molecule has 1 atom stereocenters. The Labute approximate surface area is 103 Å². The first-order valence-electron chi connectivity index (χ1n) is 5.09. The number of aromatic hydroxyl groups is 1. The van der Waals surface area contributed by atoms with E-state index in [-0.39, 0.29) is 18.7 Å². The third-order valence-corrected chi connectivity index (χ3v) is 4.04. The molecule has 8 heteroatoms. The molecule has 0 aliphatic carbocycles. The average Bonchev–Trinajstić information content (AvgIpc) is 2.64. The molecular weight excluding hydrogens is 263 g/mol. The van der Waals surface area contributed by atoms with Crippen molar-refractivity contribution in [2.24, 2.45) is 5.14 Å². The summed E-state index contributed by atoms with van der Waals surface area (Å²) in [5.41, 5.74) is 0.241. The summed E-state index contributed by atoms with van der Waals surface area (Å²) in [4.78, 5) is 12.8. The number of benzene rings is 1. The predicted octanol–water partition coefficient (Wildman–Crippen LogP) is -0.0749. The van der Waals surface area contributed by atoms with Gasteiger partial charge in [0.15, 0.2) is 11.6 Å². The van der Waals surface area contributed by atoms with Crippen LogP contribution >= 0.6 is 0 Å². The Kier molecular flexibility index (Phi) is 2.99. The highest BCUT2D eigenvalue weighted by Gasteiger charge is 2.37. The monoisotopic (exact) mass is 274 g/mol. The molecule has 6 nitrogen and oxygen atoms in total. The molecule has 0 radical (unpaired) electrons. The van der Waals surface area contributed by atoms with E-state index in [0.29, 0.717) is 0 Å². The zero-order valence-electron chi connectivity index (χ0n) is 9.21. The number of phenolic OH excluding ortho intramolecular Hbond substituents is 1. The molecule has 2 rings (SSSR count). The van der Waals surface area contributed by atoms with Gasteiger partial charge in [-0.3, -0.25) is 4.79 Å². The van der Waals surface area contributed by atoms with E-state index in [9.17, 15) is 22.7 Å². The Morgan fingerprint density at radius 1 is 1.44 bits per heavy atom. The number of nitrogens with zero attached hydrogens (tertiary/aromatic N) is 1. The summed E-state index contributed by atoms with van der Waals surface area (Å²) in [6, 6.07) is 3.36. The molecule has 1 aromatic rings. The lowest BCUT2D eigenvalue weighted by Crippen LogP contribution is -2.32. The number of primary sulfonamides is 1. The number of hydrogen-bond donors (Lipinski definition) is 2. The van der Waals surface area contributed by atoms with Crippen molar-refractivity contribution < 1.29 is 22.7 Å². The SMILES string of the molecule is NS(=O)(=O)C1CC(=O)N(c2ccc(F)c(O)c2)C1. The summed E-state index contributed by atoms with van der Waals surface area (Å²) in [5.74, 6) is -1.84. The first-order valence-corrected chi connectivity index (χ1v) is 6.70. The molecule has 3 N–H and O–H groups in total. The third-order valence-electron chi connectivity index (χ3n) is 2.80. The van der Waals surface area contributed by atoms with Crippen LogP contribution in [-0.4, -0.2) is 31.2 Å². The first-order chi connectivity index (χ1) is 8.29. The van der Waals surface area contributed by atoms with Crippen LogP contribution in [0, 0.1) is 5.82 Å². The second-order valence-corrected chi connectivity index (χ2v) is 5.90. The van der Waals surface area contributed by atoms with Crippen molar-refractivity contribution in [3.8, 4) is 5.75 Å². The van der Waals surface area contributed by atoms with Crippen molar-refractivity contribution >= 4 is 21.6 Å². The summed E-state index contributed by atoms with van der Waals surface area (Å²) < 4.78 is 35.2. The minimum atomic E-state index is -3.79. The number of rotatable bonds is 2. The minimum absolute atomic E-state index is 0.0945. The van der Waals surface area contributed by atoms with Gasteiger partial charge in [-0.05, 0) is 12.1 Å². The van der Waals surface area contributed by atoms with Gasteiger partial charge in [-0.2, -0.15) is 0 Å². The normalized spacial score (nSPS) is 20.4. The molecule has 0 bridgehead atoms. The first kappa shape index (κ1) is 12.8. The van der Waals surface area contributed by atoms with Gasteiger partial charge < -0.3 is 10.0 Å². The highest BCUT2D eigenvalue weighted by atomic mass is 32.2. The Bertz CT molecular complexity index is 602. The molecule has 1 aliphatic rings. The van der Waals surface area contributed by atoms with Gasteiger partial charge in [0, 0.05) is 24.7 Å². The van der Waals surface area contributed by atoms with E-state index in [4.69, 9.17) is 5.14 Å². The fraction of sp³-hybridized carbons (Fsp3) is 0.300. The standard InChI is InChI=1S/C10H11FN2O4S/c11-8-2-1-6(3-9(8)14)13-5-7(4-10(13)15)18(12,16)17/h1-3,7,14H,4-5H2,(H2,12,16,17). The minimum Gasteiger partial charge on any atom is -0.505 e. The lowest BCUT2D eigenvalue weighted by atomic mass is 10.2. The quantitative estimate of drug-likeness (QED) is 0.788. The lowest BCUT2D eigenvalue weighted by molar-refractivity contribution is -0.117. The average molecular weight is 274 g/mol. The van der Waals surface area contributed by atoms with Crippen molar-refractivity contribution in [2.45, 2.75) is 11.7 Å². The molecule has 98 valence electrons. The summed E-state index contributed by atoms with van der Waals surface area (Å²) in [7, 11) is -3.79. The van der Waals surface area contributed by atoms with Crippen molar-refractivity contribution in [3.05, 3.63) is 24.0 Å². The van der Waals surface area contributed by atoms with Gasteiger partial charge in [0.1, 0.15) is 5.25 Å². The maximum absolute atomic E-state index is 12.9. The zero-order valence-corrected chi connectivity index (χ0v) is 10.0. The topological polar surface area (TPSA) is 101 Å². The molecule has 0 spiro atoms. The second kappa shape index (κ2) is 4.21. The van der Waals surface area contributed by atoms with E-state index in [2.05, 4.69) is 0 Å². The maximum atomic E-state index is 12.9. The van der Waals surface area contributed by atoms with Gasteiger partial charge >= 0.3 is 0 Å².